The lowest BCUT2D eigenvalue weighted by atomic mass is 10.2. The monoisotopic (exact) mass is 325 g/mol. The maximum Gasteiger partial charge on any atom is 0.248 e. The summed E-state index contributed by atoms with van der Waals surface area (Å²) >= 11 is 0. The molecule has 4 heteroatoms. The molecule has 2 aromatic rings. The van der Waals surface area contributed by atoms with Crippen LogP contribution in [0.3, 0.4) is 0 Å². The number of nitrogens with one attached hydrogen (secondary N) is 1. The van der Waals surface area contributed by atoms with Crippen LogP contribution >= 0.6 is 0 Å². The van der Waals surface area contributed by atoms with Crippen LogP contribution in [-0.2, 0) is 4.79 Å². The van der Waals surface area contributed by atoms with E-state index in [1.807, 2.05) is 49.4 Å². The van der Waals surface area contributed by atoms with E-state index in [1.165, 1.54) is 6.08 Å². The summed E-state index contributed by atoms with van der Waals surface area (Å²) in [6.45, 7) is 4.70. The summed E-state index contributed by atoms with van der Waals surface area (Å²) in [6, 6.07) is 13.3. The number of hydrogen-bond acceptors (Lipinski definition) is 3. The fraction of sp³-hybridized carbons (Fsp3) is 0.250. The molecule has 126 valence electrons. The van der Waals surface area contributed by atoms with Crippen LogP contribution in [0.4, 0.5) is 5.69 Å². The molecule has 0 bridgehead atoms. The first-order valence-corrected chi connectivity index (χ1v) is 7.99. The predicted octanol–water partition coefficient (Wildman–Crippen LogP) is 4.44. The molecule has 24 heavy (non-hydrogen) atoms. The van der Waals surface area contributed by atoms with Crippen molar-refractivity contribution in [2.75, 3.05) is 19.0 Å². The molecule has 0 atom stereocenters. The summed E-state index contributed by atoms with van der Waals surface area (Å²) in [6.07, 6.45) is 4.18. The average Bonchev–Trinajstić information content (AvgIpc) is 2.60. The Morgan fingerprint density at radius 3 is 2.54 bits per heavy atom. The molecule has 0 aromatic heterocycles. The SMILES string of the molecule is CCCOc1ccc(/C=C/C(=O)Nc2ccc(C)cc2)cc1OC. The molecule has 0 heterocycles. The average molecular weight is 325 g/mol. The Morgan fingerprint density at radius 2 is 1.88 bits per heavy atom. The molecular weight excluding hydrogens is 302 g/mol. The van der Waals surface area contributed by atoms with Crippen LogP contribution < -0.4 is 14.8 Å². The molecule has 0 spiro atoms. The lowest BCUT2D eigenvalue weighted by Crippen LogP contribution is -2.07. The van der Waals surface area contributed by atoms with Gasteiger partial charge in [0.05, 0.1) is 13.7 Å². The van der Waals surface area contributed by atoms with Gasteiger partial charge in [-0.3, -0.25) is 4.79 Å². The van der Waals surface area contributed by atoms with Gasteiger partial charge >= 0.3 is 0 Å². The number of carbonyl (C=O) groups is 1. The number of amides is 1. The van der Waals surface area contributed by atoms with E-state index in [0.717, 1.165) is 23.2 Å². The number of aryl methyl sites for hydroxylation is 1. The van der Waals surface area contributed by atoms with E-state index in [0.29, 0.717) is 18.1 Å². The normalized spacial score (nSPS) is 10.6. The molecule has 0 aliphatic heterocycles. The van der Waals surface area contributed by atoms with Gasteiger partial charge in [0.25, 0.3) is 0 Å². The molecule has 0 aliphatic rings. The van der Waals surface area contributed by atoms with E-state index in [4.69, 9.17) is 9.47 Å². The van der Waals surface area contributed by atoms with Gasteiger partial charge in [0.1, 0.15) is 0 Å². The first-order valence-electron chi connectivity index (χ1n) is 7.99. The molecule has 0 unspecified atom stereocenters. The number of benzene rings is 2. The molecule has 1 N–H and O–H groups in total. The summed E-state index contributed by atoms with van der Waals surface area (Å²) in [5.74, 6) is 1.19. The topological polar surface area (TPSA) is 47.6 Å². The van der Waals surface area contributed by atoms with Crippen LogP contribution in [0.1, 0.15) is 24.5 Å². The predicted molar refractivity (Wildman–Crippen MR) is 97.6 cm³/mol. The van der Waals surface area contributed by atoms with Gasteiger partial charge in [-0.1, -0.05) is 30.7 Å². The second-order valence-corrected chi connectivity index (χ2v) is 5.45. The third-order valence-corrected chi connectivity index (χ3v) is 3.40. The Balaban J connectivity index is 2.02. The Hall–Kier alpha value is -2.75. The van der Waals surface area contributed by atoms with Gasteiger partial charge in [-0.05, 0) is 49.2 Å². The van der Waals surface area contributed by atoms with Crippen LogP contribution in [0.25, 0.3) is 6.08 Å². The Labute approximate surface area is 143 Å². The Morgan fingerprint density at radius 1 is 1.12 bits per heavy atom. The van der Waals surface area contributed by atoms with Gasteiger partial charge in [-0.25, -0.2) is 0 Å². The minimum atomic E-state index is -0.177. The van der Waals surface area contributed by atoms with Crippen molar-refractivity contribution in [1.29, 1.82) is 0 Å². The van der Waals surface area contributed by atoms with Crippen LogP contribution in [0, 0.1) is 6.92 Å². The molecule has 1 amide bonds. The summed E-state index contributed by atoms with van der Waals surface area (Å²) in [5.41, 5.74) is 2.80. The number of ether oxygens (including phenoxy) is 2. The summed E-state index contributed by atoms with van der Waals surface area (Å²) in [7, 11) is 1.60. The van der Waals surface area contributed by atoms with Crippen molar-refractivity contribution in [1.82, 2.24) is 0 Å². The molecule has 0 aliphatic carbocycles. The first-order chi connectivity index (χ1) is 11.6. The minimum Gasteiger partial charge on any atom is -0.493 e. The van der Waals surface area contributed by atoms with Gasteiger partial charge in [-0.15, -0.1) is 0 Å². The Bertz CT molecular complexity index is 705. The highest BCUT2D eigenvalue weighted by molar-refractivity contribution is 6.01. The smallest absolute Gasteiger partial charge is 0.248 e. The van der Waals surface area contributed by atoms with Gasteiger partial charge < -0.3 is 14.8 Å². The van der Waals surface area contributed by atoms with Crippen LogP contribution in [0.5, 0.6) is 11.5 Å². The van der Waals surface area contributed by atoms with E-state index in [2.05, 4.69) is 12.2 Å². The van der Waals surface area contributed by atoms with Crippen LogP contribution in [-0.4, -0.2) is 19.6 Å². The van der Waals surface area contributed by atoms with Crippen molar-refractivity contribution in [3.63, 3.8) is 0 Å². The zero-order chi connectivity index (χ0) is 17.4. The summed E-state index contributed by atoms with van der Waals surface area (Å²) in [4.78, 5) is 12.0. The zero-order valence-corrected chi connectivity index (χ0v) is 14.3. The van der Waals surface area contributed by atoms with E-state index >= 15 is 0 Å². The third kappa shape index (κ3) is 5.16. The lowest BCUT2D eigenvalue weighted by Gasteiger charge is -2.10. The van der Waals surface area contributed by atoms with E-state index in [-0.39, 0.29) is 5.91 Å². The number of rotatable bonds is 7. The first kappa shape index (κ1) is 17.6. The molecule has 0 radical (unpaired) electrons. The number of anilines is 1. The van der Waals surface area contributed by atoms with E-state index < -0.39 is 0 Å². The molecule has 2 aromatic carbocycles. The summed E-state index contributed by atoms with van der Waals surface area (Å²) < 4.78 is 11.0. The molecule has 0 saturated carbocycles. The molecule has 2 rings (SSSR count). The largest absolute Gasteiger partial charge is 0.493 e. The highest BCUT2D eigenvalue weighted by Crippen LogP contribution is 2.28. The van der Waals surface area contributed by atoms with E-state index in [9.17, 15) is 4.79 Å². The van der Waals surface area contributed by atoms with Crippen LogP contribution in [0.15, 0.2) is 48.5 Å². The summed E-state index contributed by atoms with van der Waals surface area (Å²) in [5, 5.41) is 2.83. The van der Waals surface area contributed by atoms with Gasteiger partial charge in [-0.2, -0.15) is 0 Å². The van der Waals surface area contributed by atoms with E-state index in [1.54, 1.807) is 13.2 Å². The maximum absolute atomic E-state index is 12.0. The van der Waals surface area contributed by atoms with Crippen molar-refractivity contribution >= 4 is 17.7 Å². The third-order valence-electron chi connectivity index (χ3n) is 3.40. The van der Waals surface area contributed by atoms with Gasteiger partial charge in [0.15, 0.2) is 11.5 Å². The number of carbonyl (C=O) groups excluding carboxylic acids is 1. The number of hydrogen-bond donors (Lipinski definition) is 1. The fourth-order valence-electron chi connectivity index (χ4n) is 2.11. The highest BCUT2D eigenvalue weighted by Gasteiger charge is 2.05. The van der Waals surface area contributed by atoms with Crippen molar-refractivity contribution in [2.24, 2.45) is 0 Å². The van der Waals surface area contributed by atoms with Crippen molar-refractivity contribution in [3.05, 3.63) is 59.7 Å². The molecule has 0 fully saturated rings. The minimum absolute atomic E-state index is 0.177. The lowest BCUT2D eigenvalue weighted by molar-refractivity contribution is -0.111. The zero-order valence-electron chi connectivity index (χ0n) is 14.3. The quantitative estimate of drug-likeness (QED) is 0.765. The maximum atomic E-state index is 12.0. The van der Waals surface area contributed by atoms with Crippen molar-refractivity contribution in [2.45, 2.75) is 20.3 Å². The Kier molecular flexibility index (Phi) is 6.43. The van der Waals surface area contributed by atoms with Gasteiger partial charge in [0.2, 0.25) is 5.91 Å². The fourth-order valence-corrected chi connectivity index (χ4v) is 2.11. The van der Waals surface area contributed by atoms with Crippen molar-refractivity contribution in [3.8, 4) is 11.5 Å². The van der Waals surface area contributed by atoms with Gasteiger partial charge in [0, 0.05) is 11.8 Å². The standard InChI is InChI=1S/C20H23NO3/c1-4-13-24-18-11-7-16(14-19(18)23-3)8-12-20(22)21-17-9-5-15(2)6-10-17/h5-12,14H,4,13H2,1-3H3,(H,21,22)/b12-8+. The highest BCUT2D eigenvalue weighted by atomic mass is 16.5. The second kappa shape index (κ2) is 8.77. The second-order valence-electron chi connectivity index (χ2n) is 5.45. The van der Waals surface area contributed by atoms with Crippen molar-refractivity contribution < 1.29 is 14.3 Å². The number of methoxy groups -OCH3 is 1. The van der Waals surface area contributed by atoms with Crippen LogP contribution in [0.2, 0.25) is 0 Å². The molecule has 4 nitrogen and oxygen atoms in total. The molecular formula is C20H23NO3. The molecule has 0 saturated heterocycles.